The topological polar surface area (TPSA) is 78.4 Å². The number of nitrogens with one attached hydrogen (secondary N) is 2. The van der Waals surface area contributed by atoms with Crippen LogP contribution in [0.2, 0.25) is 5.02 Å². The molecule has 0 unspecified atom stereocenters. The summed E-state index contributed by atoms with van der Waals surface area (Å²) in [6.45, 7) is 0. The number of hydrogen-bond acceptors (Lipinski definition) is 3. The van der Waals surface area contributed by atoms with E-state index in [9.17, 15) is 9.59 Å². The maximum Gasteiger partial charge on any atom is 0.335 e. The Kier molecular flexibility index (Phi) is 5.67. The lowest BCUT2D eigenvalue weighted by atomic mass is 10.1. The van der Waals surface area contributed by atoms with Gasteiger partial charge in [-0.05, 0) is 48.1 Å². The van der Waals surface area contributed by atoms with Gasteiger partial charge in [-0.3, -0.25) is 4.79 Å². The van der Waals surface area contributed by atoms with Gasteiger partial charge in [0.25, 0.3) is 0 Å². The number of thiocarbonyl (C=S) groups is 1. The molecule has 0 aliphatic heterocycles. The van der Waals surface area contributed by atoms with Crippen molar-refractivity contribution < 1.29 is 14.7 Å². The van der Waals surface area contributed by atoms with E-state index in [2.05, 4.69) is 10.6 Å². The number of amides is 1. The van der Waals surface area contributed by atoms with E-state index >= 15 is 0 Å². The van der Waals surface area contributed by atoms with Crippen LogP contribution in [0.15, 0.2) is 48.5 Å². The van der Waals surface area contributed by atoms with Crippen molar-refractivity contribution in [1.29, 1.82) is 0 Å². The molecule has 0 saturated carbocycles. The summed E-state index contributed by atoms with van der Waals surface area (Å²) in [5.74, 6) is -1.31. The molecule has 7 heteroatoms. The Morgan fingerprint density at radius 1 is 1.13 bits per heavy atom. The molecule has 2 rings (SSSR count). The fraction of sp³-hybridized carbons (Fsp3) is 0.0625. The summed E-state index contributed by atoms with van der Waals surface area (Å²) in [5.41, 5.74) is 1.43. The molecule has 2 aromatic rings. The normalized spacial score (nSPS) is 9.96. The second-order valence-corrected chi connectivity index (χ2v) is 5.54. The molecule has 118 valence electrons. The van der Waals surface area contributed by atoms with Crippen molar-refractivity contribution in [3.63, 3.8) is 0 Å². The summed E-state index contributed by atoms with van der Waals surface area (Å²) < 4.78 is 0. The van der Waals surface area contributed by atoms with E-state index in [0.717, 1.165) is 5.56 Å². The molecule has 0 heterocycles. The SMILES string of the molecule is O=C(Cc1ccc(Cl)cc1)NC(=S)Nc1cccc(C(=O)O)c1. The van der Waals surface area contributed by atoms with E-state index in [1.165, 1.54) is 12.1 Å². The number of carboxylic acid groups (broad SMARTS) is 1. The minimum Gasteiger partial charge on any atom is -0.478 e. The molecule has 0 aliphatic rings. The van der Waals surface area contributed by atoms with Gasteiger partial charge in [0.1, 0.15) is 0 Å². The zero-order valence-corrected chi connectivity index (χ0v) is 13.4. The molecule has 0 aliphatic carbocycles. The highest BCUT2D eigenvalue weighted by Gasteiger charge is 2.08. The molecule has 0 saturated heterocycles. The minimum absolute atomic E-state index is 0.103. The molecule has 5 nitrogen and oxygen atoms in total. The van der Waals surface area contributed by atoms with Crippen LogP contribution in [0.3, 0.4) is 0 Å². The predicted molar refractivity (Wildman–Crippen MR) is 92.9 cm³/mol. The molecular weight excluding hydrogens is 336 g/mol. The largest absolute Gasteiger partial charge is 0.478 e. The molecule has 1 amide bonds. The Labute approximate surface area is 143 Å². The average molecular weight is 349 g/mol. The lowest BCUT2D eigenvalue weighted by Gasteiger charge is -2.10. The first kappa shape index (κ1) is 16.9. The van der Waals surface area contributed by atoms with Gasteiger partial charge in [-0.1, -0.05) is 29.8 Å². The van der Waals surface area contributed by atoms with Gasteiger partial charge in [0.2, 0.25) is 5.91 Å². The number of rotatable bonds is 4. The molecule has 0 fully saturated rings. The highest BCUT2D eigenvalue weighted by atomic mass is 35.5. The summed E-state index contributed by atoms with van der Waals surface area (Å²) in [7, 11) is 0. The van der Waals surface area contributed by atoms with Crippen LogP contribution in [-0.4, -0.2) is 22.1 Å². The van der Waals surface area contributed by atoms with Gasteiger partial charge < -0.3 is 15.7 Å². The van der Waals surface area contributed by atoms with Crippen molar-refractivity contribution in [2.45, 2.75) is 6.42 Å². The molecular formula is C16H13ClN2O3S. The number of anilines is 1. The van der Waals surface area contributed by atoms with E-state index in [-0.39, 0.29) is 23.0 Å². The summed E-state index contributed by atoms with van der Waals surface area (Å²) in [6, 6.07) is 13.1. The maximum absolute atomic E-state index is 11.9. The summed E-state index contributed by atoms with van der Waals surface area (Å²) in [4.78, 5) is 22.8. The Balaban J connectivity index is 1.91. The van der Waals surface area contributed by atoms with E-state index in [4.69, 9.17) is 28.9 Å². The maximum atomic E-state index is 11.9. The fourth-order valence-corrected chi connectivity index (χ4v) is 2.21. The van der Waals surface area contributed by atoms with Gasteiger partial charge in [-0.25, -0.2) is 4.79 Å². The molecule has 0 bridgehead atoms. The van der Waals surface area contributed by atoms with Crippen LogP contribution in [-0.2, 0) is 11.2 Å². The van der Waals surface area contributed by atoms with Crippen LogP contribution in [0, 0.1) is 0 Å². The van der Waals surface area contributed by atoms with Gasteiger partial charge in [-0.15, -0.1) is 0 Å². The Hall–Kier alpha value is -2.44. The number of aromatic carboxylic acids is 1. The van der Waals surface area contributed by atoms with Gasteiger partial charge in [-0.2, -0.15) is 0 Å². The Morgan fingerprint density at radius 2 is 1.83 bits per heavy atom. The predicted octanol–water partition coefficient (Wildman–Crippen LogP) is 3.09. The van der Waals surface area contributed by atoms with Crippen molar-refractivity contribution in [3.05, 3.63) is 64.7 Å². The summed E-state index contributed by atoms with van der Waals surface area (Å²) >= 11 is 10.8. The summed E-state index contributed by atoms with van der Waals surface area (Å²) in [5, 5.41) is 15.0. The molecule has 0 atom stereocenters. The van der Waals surface area contributed by atoms with Gasteiger partial charge >= 0.3 is 5.97 Å². The molecule has 2 aromatic carbocycles. The third-order valence-electron chi connectivity index (χ3n) is 2.90. The van der Waals surface area contributed by atoms with Crippen molar-refractivity contribution in [1.82, 2.24) is 5.32 Å². The monoisotopic (exact) mass is 348 g/mol. The minimum atomic E-state index is -1.04. The highest BCUT2D eigenvalue weighted by Crippen LogP contribution is 2.11. The number of benzene rings is 2. The van der Waals surface area contributed by atoms with Crippen molar-refractivity contribution in [2.24, 2.45) is 0 Å². The van der Waals surface area contributed by atoms with Gasteiger partial charge in [0, 0.05) is 10.7 Å². The Bertz CT molecular complexity index is 747. The lowest BCUT2D eigenvalue weighted by Crippen LogP contribution is -2.35. The number of carbonyl (C=O) groups is 2. The number of carbonyl (C=O) groups excluding carboxylic acids is 1. The third kappa shape index (κ3) is 5.36. The second kappa shape index (κ2) is 7.71. The van der Waals surface area contributed by atoms with Crippen molar-refractivity contribution >= 4 is 46.5 Å². The number of carboxylic acids is 1. The zero-order valence-electron chi connectivity index (χ0n) is 11.9. The lowest BCUT2D eigenvalue weighted by molar-refractivity contribution is -0.119. The van der Waals surface area contributed by atoms with Crippen LogP contribution in [0.4, 0.5) is 5.69 Å². The Morgan fingerprint density at radius 3 is 2.48 bits per heavy atom. The molecule has 0 spiro atoms. The van der Waals surface area contributed by atoms with Crippen LogP contribution >= 0.6 is 23.8 Å². The van der Waals surface area contributed by atoms with Crippen LogP contribution < -0.4 is 10.6 Å². The smallest absolute Gasteiger partial charge is 0.335 e. The van der Waals surface area contributed by atoms with Crippen molar-refractivity contribution in [3.8, 4) is 0 Å². The molecule has 0 radical (unpaired) electrons. The van der Waals surface area contributed by atoms with E-state index in [0.29, 0.717) is 10.7 Å². The van der Waals surface area contributed by atoms with Crippen molar-refractivity contribution in [2.75, 3.05) is 5.32 Å². The highest BCUT2D eigenvalue weighted by molar-refractivity contribution is 7.80. The van der Waals surface area contributed by atoms with Gasteiger partial charge in [0.15, 0.2) is 5.11 Å². The van der Waals surface area contributed by atoms with E-state index < -0.39 is 5.97 Å². The number of hydrogen-bond donors (Lipinski definition) is 3. The fourth-order valence-electron chi connectivity index (χ4n) is 1.85. The molecule has 0 aromatic heterocycles. The van der Waals surface area contributed by atoms with E-state index in [1.807, 2.05) is 0 Å². The molecule has 3 N–H and O–H groups in total. The first-order valence-corrected chi connectivity index (χ1v) is 7.41. The second-order valence-electron chi connectivity index (χ2n) is 4.69. The quantitative estimate of drug-likeness (QED) is 0.740. The number of halogens is 1. The van der Waals surface area contributed by atoms with E-state index in [1.54, 1.807) is 36.4 Å². The molecule has 23 heavy (non-hydrogen) atoms. The third-order valence-corrected chi connectivity index (χ3v) is 3.35. The van der Waals surface area contributed by atoms with Crippen LogP contribution in [0.5, 0.6) is 0 Å². The average Bonchev–Trinajstić information content (AvgIpc) is 2.49. The summed E-state index contributed by atoms with van der Waals surface area (Å²) in [6.07, 6.45) is 0.161. The standard InChI is InChI=1S/C16H13ClN2O3S/c17-12-6-4-10(5-7-12)8-14(20)19-16(23)18-13-3-1-2-11(9-13)15(21)22/h1-7,9H,8H2,(H,21,22)(H2,18,19,20,23). The first-order chi connectivity index (χ1) is 10.9. The van der Waals surface area contributed by atoms with Crippen LogP contribution in [0.25, 0.3) is 0 Å². The van der Waals surface area contributed by atoms with Gasteiger partial charge in [0.05, 0.1) is 12.0 Å². The van der Waals surface area contributed by atoms with Crippen LogP contribution in [0.1, 0.15) is 15.9 Å². The first-order valence-electron chi connectivity index (χ1n) is 6.62. The zero-order chi connectivity index (χ0) is 16.8.